The molecule has 0 aliphatic heterocycles. The van der Waals surface area contributed by atoms with Gasteiger partial charge in [0, 0.05) is 13.1 Å². The fraction of sp³-hybridized carbons (Fsp3) is 0.562. The lowest BCUT2D eigenvalue weighted by Crippen LogP contribution is -2.52. The van der Waals surface area contributed by atoms with Crippen molar-refractivity contribution < 1.29 is 4.79 Å². The molecule has 3 nitrogen and oxygen atoms in total. The van der Waals surface area contributed by atoms with Crippen LogP contribution in [0.3, 0.4) is 0 Å². The summed E-state index contributed by atoms with van der Waals surface area (Å²) in [7, 11) is 0. The molecule has 0 spiro atoms. The number of benzene rings is 1. The molecular weight excluding hydrogens is 236 g/mol. The molecule has 19 heavy (non-hydrogen) atoms. The van der Waals surface area contributed by atoms with Crippen LogP contribution in [0.25, 0.3) is 0 Å². The van der Waals surface area contributed by atoms with Crippen molar-refractivity contribution in [2.24, 2.45) is 5.73 Å². The van der Waals surface area contributed by atoms with Gasteiger partial charge >= 0.3 is 0 Å². The Labute approximate surface area is 116 Å². The summed E-state index contributed by atoms with van der Waals surface area (Å²) >= 11 is 0. The smallest absolute Gasteiger partial charge is 0.242 e. The third-order valence-corrected chi connectivity index (χ3v) is 3.38. The summed E-state index contributed by atoms with van der Waals surface area (Å²) in [5.41, 5.74) is 7.75. The zero-order valence-electron chi connectivity index (χ0n) is 12.6. The fourth-order valence-corrected chi connectivity index (χ4v) is 2.35. The summed E-state index contributed by atoms with van der Waals surface area (Å²) in [6.07, 6.45) is 1.64. The molecule has 1 atom stereocenters. The number of aryl methyl sites for hydroxylation is 1. The standard InChI is InChI=1S/C16H26N2O/c1-5-10-16(4,17)15(19)18(6-2)12-14-9-7-8-13(3)11-14/h7-9,11H,5-6,10,12,17H2,1-4H3. The SMILES string of the molecule is CCCC(C)(N)C(=O)N(CC)Cc1cccc(C)c1. The highest BCUT2D eigenvalue weighted by Crippen LogP contribution is 2.15. The van der Waals surface area contributed by atoms with E-state index in [9.17, 15) is 4.79 Å². The summed E-state index contributed by atoms with van der Waals surface area (Å²) in [4.78, 5) is 14.3. The average molecular weight is 262 g/mol. The molecule has 0 aromatic heterocycles. The van der Waals surface area contributed by atoms with Crippen molar-refractivity contribution in [1.82, 2.24) is 4.90 Å². The maximum absolute atomic E-state index is 12.5. The minimum Gasteiger partial charge on any atom is -0.337 e. The van der Waals surface area contributed by atoms with Gasteiger partial charge in [0.2, 0.25) is 5.91 Å². The van der Waals surface area contributed by atoms with E-state index in [-0.39, 0.29) is 5.91 Å². The van der Waals surface area contributed by atoms with Gasteiger partial charge in [-0.15, -0.1) is 0 Å². The van der Waals surface area contributed by atoms with Gasteiger partial charge in [-0.3, -0.25) is 4.79 Å². The third-order valence-electron chi connectivity index (χ3n) is 3.38. The number of rotatable bonds is 6. The second-order valence-electron chi connectivity index (χ2n) is 5.48. The Kier molecular flexibility index (Phi) is 5.55. The number of hydrogen-bond acceptors (Lipinski definition) is 2. The summed E-state index contributed by atoms with van der Waals surface area (Å²) in [5, 5.41) is 0. The van der Waals surface area contributed by atoms with E-state index in [2.05, 4.69) is 32.0 Å². The van der Waals surface area contributed by atoms with Gasteiger partial charge in [0.25, 0.3) is 0 Å². The first kappa shape index (κ1) is 15.7. The van der Waals surface area contributed by atoms with Gasteiger partial charge < -0.3 is 10.6 Å². The Balaban J connectivity index is 2.81. The molecule has 0 bridgehead atoms. The van der Waals surface area contributed by atoms with Gasteiger partial charge in [0.15, 0.2) is 0 Å². The highest BCUT2D eigenvalue weighted by atomic mass is 16.2. The van der Waals surface area contributed by atoms with Gasteiger partial charge in [-0.1, -0.05) is 43.2 Å². The van der Waals surface area contributed by atoms with Crippen LogP contribution in [0, 0.1) is 6.92 Å². The predicted octanol–water partition coefficient (Wildman–Crippen LogP) is 2.86. The van der Waals surface area contributed by atoms with E-state index in [1.807, 2.05) is 24.8 Å². The molecule has 106 valence electrons. The topological polar surface area (TPSA) is 46.3 Å². The largest absolute Gasteiger partial charge is 0.337 e. The van der Waals surface area contributed by atoms with Gasteiger partial charge in [-0.05, 0) is 32.8 Å². The summed E-state index contributed by atoms with van der Waals surface area (Å²) in [5.74, 6) is 0.0401. The second-order valence-corrected chi connectivity index (χ2v) is 5.48. The maximum atomic E-state index is 12.5. The van der Waals surface area contributed by atoms with E-state index in [0.717, 1.165) is 18.4 Å². The molecule has 0 saturated heterocycles. The molecule has 3 heteroatoms. The van der Waals surface area contributed by atoms with E-state index in [1.165, 1.54) is 5.56 Å². The van der Waals surface area contributed by atoms with Crippen LogP contribution in [0.5, 0.6) is 0 Å². The van der Waals surface area contributed by atoms with Crippen LogP contribution in [0.4, 0.5) is 0 Å². The van der Waals surface area contributed by atoms with Crippen LogP contribution in [0.1, 0.15) is 44.7 Å². The van der Waals surface area contributed by atoms with E-state index >= 15 is 0 Å². The number of nitrogens with two attached hydrogens (primary N) is 1. The molecule has 2 N–H and O–H groups in total. The number of hydrogen-bond donors (Lipinski definition) is 1. The zero-order chi connectivity index (χ0) is 14.5. The predicted molar refractivity (Wildman–Crippen MR) is 79.8 cm³/mol. The second kappa shape index (κ2) is 6.71. The summed E-state index contributed by atoms with van der Waals surface area (Å²) < 4.78 is 0. The van der Waals surface area contributed by atoms with Crippen molar-refractivity contribution in [3.8, 4) is 0 Å². The van der Waals surface area contributed by atoms with Crippen molar-refractivity contribution in [2.45, 2.75) is 52.6 Å². The average Bonchev–Trinajstić information content (AvgIpc) is 2.35. The molecule has 0 fully saturated rings. The van der Waals surface area contributed by atoms with E-state index < -0.39 is 5.54 Å². The lowest BCUT2D eigenvalue weighted by Gasteiger charge is -2.31. The highest BCUT2D eigenvalue weighted by Gasteiger charge is 2.31. The molecule has 0 saturated carbocycles. The monoisotopic (exact) mass is 262 g/mol. The van der Waals surface area contributed by atoms with Crippen LogP contribution in [0.15, 0.2) is 24.3 Å². The molecular formula is C16H26N2O. The Morgan fingerprint density at radius 3 is 2.58 bits per heavy atom. The number of likely N-dealkylation sites (N-methyl/N-ethyl adjacent to an activating group) is 1. The Bertz CT molecular complexity index is 427. The van der Waals surface area contributed by atoms with E-state index in [1.54, 1.807) is 0 Å². The van der Waals surface area contributed by atoms with Crippen LogP contribution in [-0.4, -0.2) is 22.9 Å². The number of amides is 1. The molecule has 0 aliphatic carbocycles. The molecule has 1 amide bonds. The summed E-state index contributed by atoms with van der Waals surface area (Å²) in [6.45, 7) is 9.26. The number of carbonyl (C=O) groups is 1. The van der Waals surface area contributed by atoms with Crippen molar-refractivity contribution in [3.05, 3.63) is 35.4 Å². The molecule has 1 rings (SSSR count). The first-order valence-corrected chi connectivity index (χ1v) is 7.04. The fourth-order valence-electron chi connectivity index (χ4n) is 2.35. The first-order chi connectivity index (χ1) is 8.90. The van der Waals surface area contributed by atoms with Gasteiger partial charge in [0.05, 0.1) is 5.54 Å². The quantitative estimate of drug-likeness (QED) is 0.857. The lowest BCUT2D eigenvalue weighted by molar-refractivity contribution is -0.137. The normalized spacial score (nSPS) is 13.9. The van der Waals surface area contributed by atoms with Gasteiger partial charge in [0.1, 0.15) is 0 Å². The molecule has 0 heterocycles. The molecule has 1 unspecified atom stereocenters. The number of carbonyl (C=O) groups excluding carboxylic acids is 1. The Morgan fingerprint density at radius 1 is 1.37 bits per heavy atom. The minimum atomic E-state index is -0.755. The molecule has 0 radical (unpaired) electrons. The lowest BCUT2D eigenvalue weighted by atomic mass is 9.95. The maximum Gasteiger partial charge on any atom is 0.242 e. The van der Waals surface area contributed by atoms with Crippen LogP contribution in [-0.2, 0) is 11.3 Å². The molecule has 1 aromatic carbocycles. The van der Waals surface area contributed by atoms with Crippen LogP contribution in [0.2, 0.25) is 0 Å². The van der Waals surface area contributed by atoms with E-state index in [4.69, 9.17) is 5.73 Å². The summed E-state index contributed by atoms with van der Waals surface area (Å²) in [6, 6.07) is 8.25. The van der Waals surface area contributed by atoms with Gasteiger partial charge in [-0.2, -0.15) is 0 Å². The molecule has 1 aromatic rings. The van der Waals surface area contributed by atoms with Crippen LogP contribution >= 0.6 is 0 Å². The highest BCUT2D eigenvalue weighted by molar-refractivity contribution is 5.85. The zero-order valence-corrected chi connectivity index (χ0v) is 12.6. The van der Waals surface area contributed by atoms with Crippen molar-refractivity contribution in [1.29, 1.82) is 0 Å². The third kappa shape index (κ3) is 4.35. The number of nitrogens with zero attached hydrogens (tertiary/aromatic N) is 1. The van der Waals surface area contributed by atoms with Gasteiger partial charge in [-0.25, -0.2) is 0 Å². The Morgan fingerprint density at radius 2 is 2.05 bits per heavy atom. The first-order valence-electron chi connectivity index (χ1n) is 7.04. The van der Waals surface area contributed by atoms with Crippen LogP contribution < -0.4 is 5.73 Å². The van der Waals surface area contributed by atoms with E-state index in [0.29, 0.717) is 13.1 Å². The van der Waals surface area contributed by atoms with Crippen molar-refractivity contribution in [2.75, 3.05) is 6.54 Å². The molecule has 0 aliphatic rings. The van der Waals surface area contributed by atoms with Crippen molar-refractivity contribution in [3.63, 3.8) is 0 Å². The minimum absolute atomic E-state index is 0.0401. The Hall–Kier alpha value is -1.35. The van der Waals surface area contributed by atoms with Crippen molar-refractivity contribution >= 4 is 5.91 Å².